The fourth-order valence-corrected chi connectivity index (χ4v) is 2.94. The van der Waals surface area contributed by atoms with Gasteiger partial charge in [-0.05, 0) is 42.7 Å². The van der Waals surface area contributed by atoms with Gasteiger partial charge in [-0.3, -0.25) is 0 Å². The van der Waals surface area contributed by atoms with Crippen molar-refractivity contribution in [2.45, 2.75) is 19.9 Å². The van der Waals surface area contributed by atoms with Crippen LogP contribution in [0.25, 0.3) is 0 Å². The van der Waals surface area contributed by atoms with Crippen LogP contribution in [0.2, 0.25) is 5.02 Å². The fourth-order valence-electron chi connectivity index (χ4n) is 2.09. The summed E-state index contributed by atoms with van der Waals surface area (Å²) in [5, 5.41) is 0.723. The van der Waals surface area contributed by atoms with Crippen LogP contribution < -0.4 is 10.5 Å². The first-order valence-electron chi connectivity index (χ1n) is 6.47. The molecule has 0 aliphatic heterocycles. The number of rotatable bonds is 4. The molecule has 0 aliphatic rings. The Morgan fingerprint density at radius 1 is 1.25 bits per heavy atom. The molecule has 0 spiro atoms. The van der Waals surface area contributed by atoms with E-state index in [4.69, 9.17) is 22.1 Å². The van der Waals surface area contributed by atoms with Crippen LogP contribution in [0.5, 0.6) is 5.75 Å². The SMILES string of the molecule is CCOc1ccc(C(N)c2cccc(C)c2Cl)c(Br)c1. The van der Waals surface area contributed by atoms with Crippen molar-refractivity contribution in [3.05, 3.63) is 62.6 Å². The highest BCUT2D eigenvalue weighted by atomic mass is 79.9. The van der Waals surface area contributed by atoms with Crippen molar-refractivity contribution in [3.63, 3.8) is 0 Å². The average molecular weight is 355 g/mol. The van der Waals surface area contributed by atoms with E-state index in [1.54, 1.807) is 0 Å². The zero-order chi connectivity index (χ0) is 14.7. The van der Waals surface area contributed by atoms with Gasteiger partial charge in [0.05, 0.1) is 12.6 Å². The molecule has 2 aromatic rings. The number of hydrogen-bond acceptors (Lipinski definition) is 2. The number of halogens is 2. The molecule has 2 aromatic carbocycles. The van der Waals surface area contributed by atoms with E-state index in [0.29, 0.717) is 6.61 Å². The second-order valence-electron chi connectivity index (χ2n) is 4.57. The monoisotopic (exact) mass is 353 g/mol. The molecule has 4 heteroatoms. The maximum atomic E-state index is 6.36. The van der Waals surface area contributed by atoms with E-state index in [-0.39, 0.29) is 6.04 Å². The van der Waals surface area contributed by atoms with Crippen molar-refractivity contribution in [1.29, 1.82) is 0 Å². The first-order valence-corrected chi connectivity index (χ1v) is 7.64. The summed E-state index contributed by atoms with van der Waals surface area (Å²) in [7, 11) is 0. The van der Waals surface area contributed by atoms with E-state index in [2.05, 4.69) is 15.9 Å². The molecule has 1 atom stereocenters. The zero-order valence-electron chi connectivity index (χ0n) is 11.5. The minimum absolute atomic E-state index is 0.271. The molecular formula is C16H17BrClNO. The molecule has 2 N–H and O–H groups in total. The second-order valence-corrected chi connectivity index (χ2v) is 5.80. The first-order chi connectivity index (χ1) is 9.54. The number of ether oxygens (including phenoxy) is 1. The molecule has 106 valence electrons. The fraction of sp³-hybridized carbons (Fsp3) is 0.250. The Kier molecular flexibility index (Phi) is 5.08. The van der Waals surface area contributed by atoms with Crippen LogP contribution in [0.15, 0.2) is 40.9 Å². The van der Waals surface area contributed by atoms with Crippen molar-refractivity contribution >= 4 is 27.5 Å². The summed E-state index contributed by atoms with van der Waals surface area (Å²) >= 11 is 9.91. The van der Waals surface area contributed by atoms with Gasteiger partial charge in [0.2, 0.25) is 0 Å². The normalized spacial score (nSPS) is 12.2. The van der Waals surface area contributed by atoms with Crippen LogP contribution in [-0.2, 0) is 0 Å². The largest absolute Gasteiger partial charge is 0.494 e. The predicted molar refractivity (Wildman–Crippen MR) is 87.5 cm³/mol. The van der Waals surface area contributed by atoms with Crippen LogP contribution in [0.1, 0.15) is 29.7 Å². The van der Waals surface area contributed by atoms with Crippen LogP contribution >= 0.6 is 27.5 Å². The van der Waals surface area contributed by atoms with E-state index in [9.17, 15) is 0 Å². The van der Waals surface area contributed by atoms with Gasteiger partial charge in [-0.2, -0.15) is 0 Å². The molecule has 2 rings (SSSR count). The Bertz CT molecular complexity index is 615. The Hall–Kier alpha value is -1.03. The van der Waals surface area contributed by atoms with Crippen LogP contribution in [0, 0.1) is 6.92 Å². The summed E-state index contributed by atoms with van der Waals surface area (Å²) in [4.78, 5) is 0. The smallest absolute Gasteiger partial charge is 0.120 e. The van der Waals surface area contributed by atoms with Gasteiger partial charge in [0, 0.05) is 9.50 Å². The quantitative estimate of drug-likeness (QED) is 0.851. The van der Waals surface area contributed by atoms with Gasteiger partial charge in [0.15, 0.2) is 0 Å². The van der Waals surface area contributed by atoms with Crippen molar-refractivity contribution in [2.24, 2.45) is 5.73 Å². The number of hydrogen-bond donors (Lipinski definition) is 1. The van der Waals surface area contributed by atoms with Crippen molar-refractivity contribution in [1.82, 2.24) is 0 Å². The lowest BCUT2D eigenvalue weighted by atomic mass is 9.98. The minimum atomic E-state index is -0.271. The van der Waals surface area contributed by atoms with Crippen LogP contribution in [0.3, 0.4) is 0 Å². The third kappa shape index (κ3) is 3.17. The number of nitrogens with two attached hydrogens (primary N) is 1. The summed E-state index contributed by atoms with van der Waals surface area (Å²) in [6.07, 6.45) is 0. The van der Waals surface area contributed by atoms with Crippen molar-refractivity contribution in [2.75, 3.05) is 6.61 Å². The third-order valence-electron chi connectivity index (χ3n) is 3.17. The van der Waals surface area contributed by atoms with E-state index in [1.165, 1.54) is 0 Å². The molecule has 20 heavy (non-hydrogen) atoms. The van der Waals surface area contributed by atoms with Gasteiger partial charge in [-0.1, -0.05) is 51.8 Å². The Balaban J connectivity index is 2.38. The van der Waals surface area contributed by atoms with Crippen molar-refractivity contribution < 1.29 is 4.74 Å². The lowest BCUT2D eigenvalue weighted by Gasteiger charge is -2.17. The molecule has 0 saturated heterocycles. The van der Waals surface area contributed by atoms with Crippen LogP contribution in [-0.4, -0.2) is 6.61 Å². The molecule has 2 nitrogen and oxygen atoms in total. The van der Waals surface area contributed by atoms with Crippen molar-refractivity contribution in [3.8, 4) is 5.75 Å². The van der Waals surface area contributed by atoms with Gasteiger partial charge < -0.3 is 10.5 Å². The lowest BCUT2D eigenvalue weighted by molar-refractivity contribution is 0.340. The predicted octanol–water partition coefficient (Wildman–Crippen LogP) is 4.86. The molecule has 0 saturated carbocycles. The Morgan fingerprint density at radius 3 is 2.65 bits per heavy atom. The Labute approximate surface area is 133 Å². The zero-order valence-corrected chi connectivity index (χ0v) is 13.8. The molecule has 0 bridgehead atoms. The average Bonchev–Trinajstić information content (AvgIpc) is 2.42. The molecular weight excluding hydrogens is 338 g/mol. The summed E-state index contributed by atoms with van der Waals surface area (Å²) < 4.78 is 6.40. The van der Waals surface area contributed by atoms with E-state index in [1.807, 2.05) is 50.2 Å². The lowest BCUT2D eigenvalue weighted by Crippen LogP contribution is -2.13. The van der Waals surface area contributed by atoms with Gasteiger partial charge in [-0.15, -0.1) is 0 Å². The van der Waals surface area contributed by atoms with Crippen LogP contribution in [0.4, 0.5) is 0 Å². The highest BCUT2D eigenvalue weighted by Crippen LogP contribution is 2.34. The molecule has 0 fully saturated rings. The van der Waals surface area contributed by atoms with Gasteiger partial charge in [0.25, 0.3) is 0 Å². The third-order valence-corrected chi connectivity index (χ3v) is 4.38. The second kappa shape index (κ2) is 6.61. The topological polar surface area (TPSA) is 35.2 Å². The van der Waals surface area contributed by atoms with Gasteiger partial charge >= 0.3 is 0 Å². The molecule has 1 unspecified atom stereocenters. The van der Waals surface area contributed by atoms with Gasteiger partial charge in [-0.25, -0.2) is 0 Å². The molecule has 0 aromatic heterocycles. The molecule has 0 amide bonds. The molecule has 0 radical (unpaired) electrons. The molecule has 0 aliphatic carbocycles. The standard InChI is InChI=1S/C16H17BrClNO/c1-3-20-11-7-8-12(14(17)9-11)16(19)13-6-4-5-10(2)15(13)18/h4-9,16H,3,19H2,1-2H3. The minimum Gasteiger partial charge on any atom is -0.494 e. The molecule has 0 heterocycles. The number of benzene rings is 2. The van der Waals surface area contributed by atoms with E-state index < -0.39 is 0 Å². The maximum Gasteiger partial charge on any atom is 0.120 e. The number of aryl methyl sites for hydroxylation is 1. The van der Waals surface area contributed by atoms with Gasteiger partial charge in [0.1, 0.15) is 5.75 Å². The van der Waals surface area contributed by atoms with E-state index >= 15 is 0 Å². The first kappa shape index (κ1) is 15.4. The van der Waals surface area contributed by atoms with E-state index in [0.717, 1.165) is 31.9 Å². The highest BCUT2D eigenvalue weighted by Gasteiger charge is 2.16. The maximum absolute atomic E-state index is 6.36. The summed E-state index contributed by atoms with van der Waals surface area (Å²) in [6.45, 7) is 4.58. The summed E-state index contributed by atoms with van der Waals surface area (Å²) in [6, 6.07) is 11.5. The Morgan fingerprint density at radius 2 is 2.00 bits per heavy atom. The summed E-state index contributed by atoms with van der Waals surface area (Å²) in [5.74, 6) is 0.825. The summed E-state index contributed by atoms with van der Waals surface area (Å²) in [5.41, 5.74) is 9.30. The highest BCUT2D eigenvalue weighted by molar-refractivity contribution is 9.10.